The number of aryl methyl sites for hydroxylation is 3. The Morgan fingerprint density at radius 2 is 1.41 bits per heavy atom. The van der Waals surface area contributed by atoms with Gasteiger partial charge in [-0.1, -0.05) is 47.5 Å². The molecule has 0 aromatic heterocycles. The Hall–Kier alpha value is -2.61. The number of hydrogen-bond donors (Lipinski definition) is 0. The largest absolute Gasteiger partial charge is 0.423 e. The molecule has 22 heavy (non-hydrogen) atoms. The van der Waals surface area contributed by atoms with E-state index in [0.29, 0.717) is 11.3 Å². The van der Waals surface area contributed by atoms with Crippen molar-refractivity contribution in [3.63, 3.8) is 0 Å². The zero-order valence-electron chi connectivity index (χ0n) is 13.0. The number of esters is 1. The van der Waals surface area contributed by atoms with Crippen molar-refractivity contribution in [2.24, 2.45) is 0 Å². The number of carbonyl (C=O) groups is 1. The fourth-order valence-electron chi connectivity index (χ4n) is 2.56. The van der Waals surface area contributed by atoms with Gasteiger partial charge in [-0.05, 0) is 55.3 Å². The van der Waals surface area contributed by atoms with Gasteiger partial charge in [0, 0.05) is 0 Å². The lowest BCUT2D eigenvalue weighted by molar-refractivity contribution is 0.0733. The van der Waals surface area contributed by atoms with Crippen LogP contribution in [0.3, 0.4) is 0 Å². The Kier molecular flexibility index (Phi) is 3.68. The van der Waals surface area contributed by atoms with Crippen molar-refractivity contribution in [3.05, 3.63) is 76.9 Å². The average molecular weight is 290 g/mol. The minimum Gasteiger partial charge on any atom is -0.423 e. The van der Waals surface area contributed by atoms with Gasteiger partial charge in [-0.3, -0.25) is 0 Å². The molecule has 0 radical (unpaired) electrons. The minimum absolute atomic E-state index is 0.325. The monoisotopic (exact) mass is 290 g/mol. The number of rotatable bonds is 2. The number of benzene rings is 3. The van der Waals surface area contributed by atoms with Crippen LogP contribution in [0.2, 0.25) is 0 Å². The van der Waals surface area contributed by atoms with E-state index in [0.717, 1.165) is 21.9 Å². The second-order valence-electron chi connectivity index (χ2n) is 5.72. The van der Waals surface area contributed by atoms with Gasteiger partial charge in [-0.15, -0.1) is 0 Å². The number of ether oxygens (including phenoxy) is 1. The van der Waals surface area contributed by atoms with Gasteiger partial charge in [0.2, 0.25) is 0 Å². The molecule has 110 valence electrons. The van der Waals surface area contributed by atoms with E-state index in [1.54, 1.807) is 0 Å². The van der Waals surface area contributed by atoms with E-state index >= 15 is 0 Å². The predicted octanol–water partition coefficient (Wildman–Crippen LogP) is 4.98. The van der Waals surface area contributed by atoms with Crippen LogP contribution in [0.25, 0.3) is 10.8 Å². The van der Waals surface area contributed by atoms with Gasteiger partial charge >= 0.3 is 5.97 Å². The molecule has 0 unspecified atom stereocenters. The van der Waals surface area contributed by atoms with E-state index in [1.807, 2.05) is 62.4 Å². The molecule has 0 atom stereocenters. The Morgan fingerprint density at radius 3 is 2.18 bits per heavy atom. The summed E-state index contributed by atoms with van der Waals surface area (Å²) in [5.41, 5.74) is 3.89. The molecule has 0 spiro atoms. The van der Waals surface area contributed by atoms with Gasteiger partial charge in [-0.25, -0.2) is 4.79 Å². The van der Waals surface area contributed by atoms with E-state index in [4.69, 9.17) is 4.74 Å². The smallest absolute Gasteiger partial charge is 0.343 e. The van der Waals surface area contributed by atoms with Crippen LogP contribution in [0.4, 0.5) is 0 Å². The van der Waals surface area contributed by atoms with Gasteiger partial charge in [-0.2, -0.15) is 0 Å². The highest BCUT2D eigenvalue weighted by Gasteiger charge is 2.11. The summed E-state index contributed by atoms with van der Waals surface area (Å²) in [6.07, 6.45) is 0. The molecule has 0 saturated heterocycles. The van der Waals surface area contributed by atoms with Crippen molar-refractivity contribution in [3.8, 4) is 5.75 Å². The quantitative estimate of drug-likeness (QED) is 0.491. The molecule has 0 saturated carbocycles. The third kappa shape index (κ3) is 2.86. The minimum atomic E-state index is -0.325. The third-order valence-electron chi connectivity index (χ3n) is 3.76. The Balaban J connectivity index is 1.90. The summed E-state index contributed by atoms with van der Waals surface area (Å²) in [6.45, 7) is 6.02. The van der Waals surface area contributed by atoms with Crippen molar-refractivity contribution in [2.45, 2.75) is 20.8 Å². The van der Waals surface area contributed by atoms with Crippen molar-refractivity contribution >= 4 is 16.7 Å². The van der Waals surface area contributed by atoms with Crippen molar-refractivity contribution in [1.82, 2.24) is 0 Å². The third-order valence-corrected chi connectivity index (χ3v) is 3.76. The molecular formula is C20H18O2. The molecule has 0 heterocycles. The molecular weight excluding hydrogens is 272 g/mol. The topological polar surface area (TPSA) is 26.3 Å². The van der Waals surface area contributed by atoms with Crippen LogP contribution in [-0.4, -0.2) is 5.97 Å². The van der Waals surface area contributed by atoms with Crippen LogP contribution in [-0.2, 0) is 0 Å². The molecule has 0 aliphatic carbocycles. The molecule has 2 nitrogen and oxygen atoms in total. The first-order chi connectivity index (χ1) is 10.5. The molecule has 3 aromatic rings. The Morgan fingerprint density at radius 1 is 0.773 bits per heavy atom. The second kappa shape index (κ2) is 5.64. The summed E-state index contributed by atoms with van der Waals surface area (Å²) < 4.78 is 5.52. The molecule has 0 aliphatic rings. The van der Waals surface area contributed by atoms with Gasteiger partial charge in [0.25, 0.3) is 0 Å². The summed E-state index contributed by atoms with van der Waals surface area (Å²) in [5.74, 6) is 0.286. The number of fused-ring (bicyclic) bond motifs is 1. The fraction of sp³-hybridized carbons (Fsp3) is 0.150. The van der Waals surface area contributed by atoms with Crippen LogP contribution in [0.1, 0.15) is 27.0 Å². The van der Waals surface area contributed by atoms with E-state index in [9.17, 15) is 4.79 Å². The Labute approximate surface area is 130 Å². The highest BCUT2D eigenvalue weighted by molar-refractivity contribution is 5.96. The molecule has 0 amide bonds. The molecule has 0 N–H and O–H groups in total. The van der Waals surface area contributed by atoms with E-state index < -0.39 is 0 Å². The van der Waals surface area contributed by atoms with Gasteiger partial charge < -0.3 is 4.74 Å². The Bertz CT molecular complexity index is 863. The van der Waals surface area contributed by atoms with Crippen LogP contribution in [0.5, 0.6) is 5.75 Å². The first-order valence-electron chi connectivity index (χ1n) is 7.33. The lowest BCUT2D eigenvalue weighted by Gasteiger charge is -2.09. The maximum Gasteiger partial charge on any atom is 0.343 e. The molecule has 3 rings (SSSR count). The molecule has 0 bridgehead atoms. The van der Waals surface area contributed by atoms with E-state index in [2.05, 4.69) is 13.0 Å². The number of hydrogen-bond acceptors (Lipinski definition) is 2. The first kappa shape index (κ1) is 14.3. The molecule has 3 aromatic carbocycles. The molecule has 2 heteroatoms. The second-order valence-corrected chi connectivity index (χ2v) is 5.72. The normalized spacial score (nSPS) is 10.7. The van der Waals surface area contributed by atoms with Crippen molar-refractivity contribution in [2.75, 3.05) is 0 Å². The summed E-state index contributed by atoms with van der Waals surface area (Å²) in [7, 11) is 0. The maximum atomic E-state index is 12.3. The van der Waals surface area contributed by atoms with Crippen LogP contribution in [0, 0.1) is 20.8 Å². The zero-order valence-corrected chi connectivity index (χ0v) is 13.0. The van der Waals surface area contributed by atoms with Crippen LogP contribution < -0.4 is 4.74 Å². The average Bonchev–Trinajstić information content (AvgIpc) is 2.49. The fourth-order valence-corrected chi connectivity index (χ4v) is 2.56. The standard InChI is InChI=1S/C20H18O2/c1-13-5-9-19(15(3)10-13)22-20(21)18-8-7-16-11-14(2)4-6-17(16)12-18/h4-12H,1-3H3. The number of carbonyl (C=O) groups excluding carboxylic acids is 1. The van der Waals surface area contributed by atoms with Crippen molar-refractivity contribution < 1.29 is 9.53 Å². The lowest BCUT2D eigenvalue weighted by Crippen LogP contribution is -2.09. The highest BCUT2D eigenvalue weighted by Crippen LogP contribution is 2.22. The van der Waals surface area contributed by atoms with Gasteiger partial charge in [0.1, 0.15) is 5.75 Å². The van der Waals surface area contributed by atoms with Gasteiger partial charge in [0.15, 0.2) is 0 Å². The molecule has 0 fully saturated rings. The van der Waals surface area contributed by atoms with E-state index in [-0.39, 0.29) is 5.97 Å². The summed E-state index contributed by atoms with van der Waals surface area (Å²) in [4.78, 5) is 12.3. The van der Waals surface area contributed by atoms with Gasteiger partial charge in [0.05, 0.1) is 5.56 Å². The van der Waals surface area contributed by atoms with Crippen LogP contribution in [0.15, 0.2) is 54.6 Å². The zero-order chi connectivity index (χ0) is 15.7. The first-order valence-corrected chi connectivity index (χ1v) is 7.33. The highest BCUT2D eigenvalue weighted by atomic mass is 16.5. The summed E-state index contributed by atoms with van der Waals surface area (Å²) in [5, 5.41) is 2.17. The summed E-state index contributed by atoms with van der Waals surface area (Å²) in [6, 6.07) is 17.6. The van der Waals surface area contributed by atoms with Crippen molar-refractivity contribution in [1.29, 1.82) is 0 Å². The predicted molar refractivity (Wildman–Crippen MR) is 89.6 cm³/mol. The summed E-state index contributed by atoms with van der Waals surface area (Å²) >= 11 is 0. The van der Waals surface area contributed by atoms with E-state index in [1.165, 1.54) is 5.56 Å². The SMILES string of the molecule is Cc1ccc(OC(=O)c2ccc3cc(C)ccc3c2)c(C)c1. The molecule has 0 aliphatic heterocycles. The maximum absolute atomic E-state index is 12.3. The lowest BCUT2D eigenvalue weighted by atomic mass is 10.0. The van der Waals surface area contributed by atoms with Crippen LogP contribution >= 0.6 is 0 Å².